The van der Waals surface area contributed by atoms with E-state index in [1.54, 1.807) is 0 Å². The summed E-state index contributed by atoms with van der Waals surface area (Å²) < 4.78 is 42.2. The molecule has 1 aromatic carbocycles. The van der Waals surface area contributed by atoms with Crippen LogP contribution in [-0.4, -0.2) is 53.8 Å². The molecule has 1 atom stereocenters. The molecule has 12 heteroatoms. The summed E-state index contributed by atoms with van der Waals surface area (Å²) in [7, 11) is 0. The number of carbonyl (C=O) groups excluding carboxylic acids is 1. The van der Waals surface area contributed by atoms with Crippen LogP contribution in [0.5, 0.6) is 5.88 Å². The van der Waals surface area contributed by atoms with Gasteiger partial charge in [-0.05, 0) is 36.2 Å². The Labute approximate surface area is 174 Å². The number of hydrogen-bond acceptors (Lipinski definition) is 7. The van der Waals surface area contributed by atoms with Gasteiger partial charge in [0.15, 0.2) is 5.56 Å². The Morgan fingerprint density at radius 1 is 1.40 bits per heavy atom. The lowest BCUT2D eigenvalue weighted by Crippen LogP contribution is -2.46. The van der Waals surface area contributed by atoms with Crippen LogP contribution in [0.25, 0.3) is 0 Å². The molecule has 1 aliphatic heterocycles. The number of ether oxygens (including phenoxy) is 2. The highest BCUT2D eigenvalue weighted by Gasteiger charge is 2.24. The maximum Gasteiger partial charge on any atom is 0.344 e. The van der Waals surface area contributed by atoms with E-state index in [9.17, 15) is 23.5 Å². The van der Waals surface area contributed by atoms with Gasteiger partial charge in [-0.3, -0.25) is 5.32 Å². The first-order valence-electron chi connectivity index (χ1n) is 9.02. The Morgan fingerprint density at radius 3 is 2.90 bits per heavy atom. The molecule has 2 amide bonds. The molecule has 1 saturated heterocycles. The maximum atomic E-state index is 13.9. The van der Waals surface area contributed by atoms with Gasteiger partial charge in [0, 0.05) is 25.2 Å². The molecule has 1 aromatic heterocycles. The molecular formula is C18H20F2N4O5S. The molecule has 0 radical (unpaired) electrons. The van der Waals surface area contributed by atoms with E-state index in [0.29, 0.717) is 24.7 Å². The third kappa shape index (κ3) is 5.40. The summed E-state index contributed by atoms with van der Waals surface area (Å²) in [6, 6.07) is 1.37. The summed E-state index contributed by atoms with van der Waals surface area (Å²) in [6.07, 6.45) is -0.186. The van der Waals surface area contributed by atoms with E-state index in [1.165, 1.54) is 6.92 Å². The van der Waals surface area contributed by atoms with Crippen molar-refractivity contribution in [2.75, 3.05) is 31.6 Å². The van der Waals surface area contributed by atoms with Gasteiger partial charge >= 0.3 is 12.0 Å². The van der Waals surface area contributed by atoms with Crippen molar-refractivity contribution in [3.05, 3.63) is 40.5 Å². The summed E-state index contributed by atoms with van der Waals surface area (Å²) >= 11 is 0.700. The number of benzene rings is 1. The number of hydrogen-bond donors (Lipinski definition) is 4. The second-order valence-corrected chi connectivity index (χ2v) is 7.28. The molecule has 1 aliphatic rings. The molecule has 2 aromatic rings. The minimum Gasteiger partial charge on any atom is -0.477 e. The molecule has 0 saturated carbocycles. The highest BCUT2D eigenvalue weighted by molar-refractivity contribution is 7.11. The van der Waals surface area contributed by atoms with Crippen LogP contribution in [0.4, 0.5) is 18.6 Å². The van der Waals surface area contributed by atoms with E-state index in [-0.39, 0.29) is 40.2 Å². The highest BCUT2D eigenvalue weighted by atomic mass is 32.1. The fourth-order valence-corrected chi connectivity index (χ4v) is 3.42. The third-order valence-corrected chi connectivity index (χ3v) is 5.03. The molecule has 0 spiro atoms. The Hall–Kier alpha value is -2.83. The van der Waals surface area contributed by atoms with Crippen molar-refractivity contribution in [2.24, 2.45) is 0 Å². The van der Waals surface area contributed by atoms with Gasteiger partial charge in [0.1, 0.15) is 23.2 Å². The molecular weight excluding hydrogens is 422 g/mol. The molecule has 2 heterocycles. The Bertz CT molecular complexity index is 934. The van der Waals surface area contributed by atoms with Crippen molar-refractivity contribution >= 4 is 28.5 Å². The second-order valence-electron chi connectivity index (χ2n) is 6.51. The van der Waals surface area contributed by atoms with Gasteiger partial charge in [0.05, 0.1) is 12.7 Å². The number of urea groups is 1. The van der Waals surface area contributed by atoms with Crippen LogP contribution in [0.15, 0.2) is 12.1 Å². The van der Waals surface area contributed by atoms with Crippen molar-refractivity contribution in [2.45, 2.75) is 19.6 Å². The maximum absolute atomic E-state index is 13.9. The SMILES string of the molecule is Cc1cc(F)c(COc2nsc(NC(=O)NCC3CNCCO3)c2C(=O)O)cc1F. The Kier molecular flexibility index (Phi) is 7.13. The monoisotopic (exact) mass is 442 g/mol. The Balaban J connectivity index is 1.63. The molecule has 30 heavy (non-hydrogen) atoms. The van der Waals surface area contributed by atoms with Crippen LogP contribution in [0.2, 0.25) is 0 Å². The first kappa shape index (κ1) is 21.9. The van der Waals surface area contributed by atoms with Crippen molar-refractivity contribution in [3.8, 4) is 5.88 Å². The molecule has 0 aliphatic carbocycles. The van der Waals surface area contributed by atoms with Crippen molar-refractivity contribution in [1.29, 1.82) is 0 Å². The van der Waals surface area contributed by atoms with Crippen LogP contribution in [0, 0.1) is 18.6 Å². The van der Waals surface area contributed by atoms with Gasteiger partial charge in [-0.2, -0.15) is 4.37 Å². The summed E-state index contributed by atoms with van der Waals surface area (Å²) in [4.78, 5) is 23.7. The van der Waals surface area contributed by atoms with Crippen molar-refractivity contribution in [1.82, 2.24) is 15.0 Å². The fraction of sp³-hybridized carbons (Fsp3) is 0.389. The number of carbonyl (C=O) groups is 2. The lowest BCUT2D eigenvalue weighted by Gasteiger charge is -2.23. The highest BCUT2D eigenvalue weighted by Crippen LogP contribution is 2.31. The smallest absolute Gasteiger partial charge is 0.344 e. The zero-order valence-electron chi connectivity index (χ0n) is 16.0. The number of nitrogens with zero attached hydrogens (tertiary/aromatic N) is 1. The minimum atomic E-state index is -1.38. The molecule has 9 nitrogen and oxygen atoms in total. The zero-order valence-corrected chi connectivity index (χ0v) is 16.8. The van der Waals surface area contributed by atoms with Crippen LogP contribution in [0.1, 0.15) is 21.5 Å². The number of rotatable bonds is 7. The lowest BCUT2D eigenvalue weighted by atomic mass is 10.1. The van der Waals surface area contributed by atoms with Gasteiger partial charge in [-0.1, -0.05) is 0 Å². The number of aromatic carboxylic acids is 1. The van der Waals surface area contributed by atoms with E-state index in [4.69, 9.17) is 9.47 Å². The predicted octanol–water partition coefficient (Wildman–Crippen LogP) is 2.12. The van der Waals surface area contributed by atoms with Gasteiger partial charge in [-0.25, -0.2) is 18.4 Å². The number of anilines is 1. The van der Waals surface area contributed by atoms with E-state index < -0.39 is 30.2 Å². The van der Waals surface area contributed by atoms with Gasteiger partial charge in [-0.15, -0.1) is 0 Å². The van der Waals surface area contributed by atoms with Gasteiger partial charge < -0.3 is 25.2 Å². The predicted molar refractivity (Wildman–Crippen MR) is 104 cm³/mol. The number of morpholine rings is 1. The van der Waals surface area contributed by atoms with E-state index in [1.807, 2.05) is 0 Å². The summed E-state index contributed by atoms with van der Waals surface area (Å²) in [6.45, 7) is 3.11. The molecule has 4 N–H and O–H groups in total. The van der Waals surface area contributed by atoms with E-state index >= 15 is 0 Å². The van der Waals surface area contributed by atoms with Crippen LogP contribution in [0.3, 0.4) is 0 Å². The number of carboxylic acids is 1. The van der Waals surface area contributed by atoms with E-state index in [0.717, 1.165) is 18.7 Å². The average Bonchev–Trinajstić information content (AvgIpc) is 3.11. The zero-order chi connectivity index (χ0) is 21.7. The molecule has 162 valence electrons. The van der Waals surface area contributed by atoms with Crippen LogP contribution in [-0.2, 0) is 11.3 Å². The van der Waals surface area contributed by atoms with Gasteiger partial charge in [0.25, 0.3) is 0 Å². The van der Waals surface area contributed by atoms with Crippen LogP contribution >= 0.6 is 11.5 Å². The molecule has 3 rings (SSSR count). The topological polar surface area (TPSA) is 122 Å². The summed E-state index contributed by atoms with van der Waals surface area (Å²) in [5.74, 6) is -2.98. The van der Waals surface area contributed by atoms with Crippen molar-refractivity contribution < 1.29 is 33.0 Å². The number of aromatic nitrogens is 1. The lowest BCUT2D eigenvalue weighted by molar-refractivity contribution is 0.0310. The minimum absolute atomic E-state index is 0.0479. The number of carboxylic acid groups (broad SMARTS) is 1. The standard InChI is InChI=1S/C18H20F2N4O5S/c1-9-4-13(20)10(5-12(9)19)8-29-15-14(17(25)26)16(30-24-15)23-18(27)22-7-11-6-21-2-3-28-11/h4-5,11,21H,2-3,6-8H2,1H3,(H,25,26)(H2,22,23,27). The molecule has 1 unspecified atom stereocenters. The normalized spacial score (nSPS) is 16.2. The third-order valence-electron chi connectivity index (χ3n) is 4.29. The number of nitrogens with one attached hydrogen (secondary N) is 3. The van der Waals surface area contributed by atoms with Crippen molar-refractivity contribution in [3.63, 3.8) is 0 Å². The molecule has 1 fully saturated rings. The van der Waals surface area contributed by atoms with Gasteiger partial charge in [0.2, 0.25) is 5.88 Å². The molecule has 0 bridgehead atoms. The van der Waals surface area contributed by atoms with E-state index in [2.05, 4.69) is 20.3 Å². The average molecular weight is 442 g/mol. The fourth-order valence-electron chi connectivity index (χ4n) is 2.70. The summed E-state index contributed by atoms with van der Waals surface area (Å²) in [5, 5.41) is 17.5. The number of halogens is 2. The second kappa shape index (κ2) is 9.78. The number of aryl methyl sites for hydroxylation is 1. The van der Waals surface area contributed by atoms with Crippen LogP contribution < -0.4 is 20.7 Å². The number of amides is 2. The summed E-state index contributed by atoms with van der Waals surface area (Å²) in [5.41, 5.74) is -0.322. The first-order valence-corrected chi connectivity index (χ1v) is 9.80. The Morgan fingerprint density at radius 2 is 2.20 bits per heavy atom. The largest absolute Gasteiger partial charge is 0.477 e. The first-order chi connectivity index (χ1) is 14.3. The quantitative estimate of drug-likeness (QED) is 0.518.